The molecule has 218 valence electrons. The van der Waals surface area contributed by atoms with Crippen molar-refractivity contribution >= 4 is 54.4 Å². The maximum absolute atomic E-state index is 13.9. The quantitative estimate of drug-likeness (QED) is 0.146. The number of carbonyl (C=O) groups excluding carboxylic acids is 4. The van der Waals surface area contributed by atoms with Crippen LogP contribution in [0.4, 0.5) is 5.69 Å². The Morgan fingerprint density at radius 2 is 1.57 bits per heavy atom. The summed E-state index contributed by atoms with van der Waals surface area (Å²) in [5, 5.41) is 14.8. The molecule has 0 aromatic heterocycles. The standard InChI is InChI=1S/C28H39N5O5S2/c1-16(29)24(36)32-22(27(2,3)40)25(37)31-21-9-7-6-8-19(21)23(35)28(4,15-39)33(5)26(38)20(30)14-17-10-12-18(34)13-11-17/h6-13,16,20,22,34,39-40H,14-15,29-30H2,1-5H3,(H,31,37)(H,32,36)/t16-,20-,22-,28+/m0/s1. The van der Waals surface area contributed by atoms with Gasteiger partial charge in [0.15, 0.2) is 5.78 Å². The first-order valence-electron chi connectivity index (χ1n) is 12.7. The monoisotopic (exact) mass is 589 g/mol. The molecule has 2 aromatic carbocycles. The van der Waals surface area contributed by atoms with Gasteiger partial charge in [-0.1, -0.05) is 24.3 Å². The Morgan fingerprint density at radius 1 is 1.00 bits per heavy atom. The molecule has 0 bridgehead atoms. The molecule has 2 rings (SSSR count). The minimum Gasteiger partial charge on any atom is -0.508 e. The number of phenolic OH excluding ortho intramolecular Hbond substituents is 1. The highest BCUT2D eigenvalue weighted by atomic mass is 32.1. The fourth-order valence-electron chi connectivity index (χ4n) is 3.92. The minimum atomic E-state index is -1.42. The van der Waals surface area contributed by atoms with E-state index in [1.165, 1.54) is 37.1 Å². The number of Topliss-reactive ketones (excluding diaryl/α,β-unsaturated/α-hetero) is 1. The van der Waals surface area contributed by atoms with Crippen LogP contribution in [0.1, 0.15) is 43.6 Å². The van der Waals surface area contributed by atoms with Crippen molar-refractivity contribution in [2.45, 2.75) is 62.5 Å². The second-order valence-corrected chi connectivity index (χ2v) is 12.0. The zero-order valence-corrected chi connectivity index (χ0v) is 25.1. The number of ketones is 1. The van der Waals surface area contributed by atoms with E-state index in [2.05, 4.69) is 35.9 Å². The van der Waals surface area contributed by atoms with Crippen LogP contribution in [0, 0.1) is 0 Å². The van der Waals surface area contributed by atoms with E-state index < -0.39 is 51.9 Å². The number of benzene rings is 2. The highest BCUT2D eigenvalue weighted by molar-refractivity contribution is 7.81. The third-order valence-electron chi connectivity index (χ3n) is 6.68. The molecule has 0 fully saturated rings. The first kappa shape index (κ1) is 33.1. The molecule has 0 radical (unpaired) electrons. The number of aromatic hydroxyl groups is 1. The van der Waals surface area contributed by atoms with Crippen molar-refractivity contribution in [2.24, 2.45) is 11.5 Å². The van der Waals surface area contributed by atoms with Gasteiger partial charge in [-0.3, -0.25) is 19.2 Å². The largest absolute Gasteiger partial charge is 0.508 e. The van der Waals surface area contributed by atoms with Gasteiger partial charge in [0.1, 0.15) is 17.3 Å². The Kier molecular flexibility index (Phi) is 11.2. The number of hydrogen-bond acceptors (Lipinski definition) is 9. The third-order valence-corrected chi connectivity index (χ3v) is 7.55. The third kappa shape index (κ3) is 8.00. The van der Waals surface area contributed by atoms with Gasteiger partial charge in [-0.2, -0.15) is 25.3 Å². The molecule has 3 amide bonds. The smallest absolute Gasteiger partial charge is 0.248 e. The molecule has 0 aliphatic heterocycles. The molecule has 12 heteroatoms. The lowest BCUT2D eigenvalue weighted by Gasteiger charge is -2.38. The van der Waals surface area contributed by atoms with Crippen molar-refractivity contribution < 1.29 is 24.3 Å². The average molecular weight is 590 g/mol. The van der Waals surface area contributed by atoms with Gasteiger partial charge in [0.25, 0.3) is 0 Å². The maximum atomic E-state index is 13.9. The molecule has 0 saturated heterocycles. The number of likely N-dealkylation sites (N-methyl/N-ethyl adjacent to an activating group) is 1. The van der Waals surface area contributed by atoms with Gasteiger partial charge in [0.2, 0.25) is 17.7 Å². The van der Waals surface area contributed by atoms with E-state index in [0.717, 1.165) is 5.56 Å². The second-order valence-electron chi connectivity index (χ2n) is 10.6. The van der Waals surface area contributed by atoms with E-state index in [4.69, 9.17) is 11.5 Å². The van der Waals surface area contributed by atoms with Gasteiger partial charge in [-0.25, -0.2) is 0 Å². The van der Waals surface area contributed by atoms with Crippen LogP contribution in [-0.2, 0) is 20.8 Å². The number of nitrogens with zero attached hydrogens (tertiary/aromatic N) is 1. The molecule has 0 saturated carbocycles. The lowest BCUT2D eigenvalue weighted by molar-refractivity contribution is -0.134. The maximum Gasteiger partial charge on any atom is 0.248 e. The van der Waals surface area contributed by atoms with Crippen LogP contribution < -0.4 is 22.1 Å². The molecule has 4 atom stereocenters. The molecule has 7 N–H and O–H groups in total. The number of phenols is 1. The van der Waals surface area contributed by atoms with Crippen molar-refractivity contribution in [1.82, 2.24) is 10.2 Å². The van der Waals surface area contributed by atoms with Gasteiger partial charge < -0.3 is 32.1 Å². The predicted molar refractivity (Wildman–Crippen MR) is 163 cm³/mol. The van der Waals surface area contributed by atoms with E-state index in [9.17, 15) is 24.3 Å². The van der Waals surface area contributed by atoms with Crippen LogP contribution in [0.25, 0.3) is 0 Å². The summed E-state index contributed by atoms with van der Waals surface area (Å²) in [7, 11) is 1.48. The summed E-state index contributed by atoms with van der Waals surface area (Å²) in [5.74, 6) is -2.00. The van der Waals surface area contributed by atoms with E-state index in [1.54, 1.807) is 51.1 Å². The summed E-state index contributed by atoms with van der Waals surface area (Å²) in [6.07, 6.45) is 0.195. The molecule has 0 heterocycles. The van der Waals surface area contributed by atoms with Crippen molar-refractivity contribution in [1.29, 1.82) is 0 Å². The molecule has 0 aliphatic carbocycles. The number of rotatable bonds is 12. The van der Waals surface area contributed by atoms with Crippen molar-refractivity contribution in [3.8, 4) is 5.75 Å². The predicted octanol–water partition coefficient (Wildman–Crippen LogP) is 1.77. The van der Waals surface area contributed by atoms with Crippen LogP contribution >= 0.6 is 25.3 Å². The number of para-hydroxylation sites is 1. The van der Waals surface area contributed by atoms with Gasteiger partial charge in [0.05, 0.1) is 17.8 Å². The molecular weight excluding hydrogens is 550 g/mol. The summed E-state index contributed by atoms with van der Waals surface area (Å²) in [6, 6.07) is 9.85. The number of hydrogen-bond donors (Lipinski definition) is 7. The fourth-order valence-corrected chi connectivity index (χ4v) is 4.45. The lowest BCUT2D eigenvalue weighted by Crippen LogP contribution is -2.59. The summed E-state index contributed by atoms with van der Waals surface area (Å²) in [4.78, 5) is 54.1. The van der Waals surface area contributed by atoms with Crippen molar-refractivity contribution in [3.63, 3.8) is 0 Å². The van der Waals surface area contributed by atoms with Crippen LogP contribution in [0.15, 0.2) is 48.5 Å². The minimum absolute atomic E-state index is 0.0287. The first-order chi connectivity index (χ1) is 18.5. The Morgan fingerprint density at radius 3 is 2.10 bits per heavy atom. The molecule has 2 aromatic rings. The molecule has 40 heavy (non-hydrogen) atoms. The zero-order valence-electron chi connectivity index (χ0n) is 23.3. The SMILES string of the molecule is C[C@H](N)C(=O)N[C@@H](C(=O)Nc1ccccc1C(=O)[C@@](C)(CS)N(C)C(=O)[C@@H](N)Cc1ccc(O)cc1)C(C)(C)S. The van der Waals surface area contributed by atoms with Crippen LogP contribution in [0.3, 0.4) is 0 Å². The molecule has 0 unspecified atom stereocenters. The lowest BCUT2D eigenvalue weighted by atomic mass is 9.89. The van der Waals surface area contributed by atoms with Crippen molar-refractivity contribution in [2.75, 3.05) is 18.1 Å². The number of nitrogens with two attached hydrogens (primary N) is 2. The number of thiol groups is 2. The fraction of sp³-hybridized carbons (Fsp3) is 0.429. The van der Waals surface area contributed by atoms with Gasteiger partial charge >= 0.3 is 0 Å². The van der Waals surface area contributed by atoms with E-state index in [1.807, 2.05) is 0 Å². The second kappa shape index (κ2) is 13.5. The summed E-state index contributed by atoms with van der Waals surface area (Å²) in [5.41, 5.74) is 11.5. The summed E-state index contributed by atoms with van der Waals surface area (Å²) in [6.45, 7) is 6.41. The topological polar surface area (TPSA) is 168 Å². The normalized spacial score (nSPS) is 15.2. The Bertz CT molecular complexity index is 1230. The van der Waals surface area contributed by atoms with Crippen molar-refractivity contribution in [3.05, 3.63) is 59.7 Å². The summed E-state index contributed by atoms with van der Waals surface area (Å²) >= 11 is 8.87. The first-order valence-corrected chi connectivity index (χ1v) is 13.8. The molecule has 0 aliphatic rings. The number of nitrogens with one attached hydrogen (secondary N) is 2. The Labute approximate surface area is 246 Å². The van der Waals surface area contributed by atoms with Gasteiger partial charge in [-0.15, -0.1) is 0 Å². The Balaban J connectivity index is 2.33. The summed E-state index contributed by atoms with van der Waals surface area (Å²) < 4.78 is -0.965. The average Bonchev–Trinajstić information content (AvgIpc) is 2.90. The Hall–Kier alpha value is -3.06. The van der Waals surface area contributed by atoms with E-state index in [-0.39, 0.29) is 29.2 Å². The van der Waals surface area contributed by atoms with Gasteiger partial charge in [-0.05, 0) is 63.9 Å². The van der Waals surface area contributed by atoms with E-state index in [0.29, 0.717) is 0 Å². The van der Waals surface area contributed by atoms with Gasteiger partial charge in [0, 0.05) is 23.1 Å². The van der Waals surface area contributed by atoms with Crippen LogP contribution in [0.5, 0.6) is 5.75 Å². The molecule has 0 spiro atoms. The number of anilines is 1. The number of carbonyl (C=O) groups is 4. The molecule has 10 nitrogen and oxygen atoms in total. The highest BCUT2D eigenvalue weighted by Gasteiger charge is 2.42. The van der Waals surface area contributed by atoms with E-state index >= 15 is 0 Å². The highest BCUT2D eigenvalue weighted by Crippen LogP contribution is 2.28. The van der Waals surface area contributed by atoms with Crippen LogP contribution in [-0.4, -0.2) is 74.7 Å². The molecular formula is C28H39N5O5S2. The number of amides is 3. The van der Waals surface area contributed by atoms with Crippen LogP contribution in [0.2, 0.25) is 0 Å². The zero-order chi connectivity index (χ0) is 30.4.